The van der Waals surface area contributed by atoms with Crippen LogP contribution in [-0.2, 0) is 11.3 Å². The molecule has 0 spiro atoms. The van der Waals surface area contributed by atoms with E-state index in [1.165, 1.54) is 19.3 Å². The Morgan fingerprint density at radius 1 is 1.12 bits per heavy atom. The van der Waals surface area contributed by atoms with E-state index >= 15 is 0 Å². The quantitative estimate of drug-likeness (QED) is 0.858. The maximum absolute atomic E-state index is 11.7. The summed E-state index contributed by atoms with van der Waals surface area (Å²) in [6, 6.07) is 10.0. The lowest BCUT2D eigenvalue weighted by atomic mass is 10.1. The van der Waals surface area contributed by atoms with Crippen LogP contribution in [0.5, 0.6) is 0 Å². The first kappa shape index (κ1) is 12.1. The fourth-order valence-corrected chi connectivity index (χ4v) is 2.17. The summed E-state index contributed by atoms with van der Waals surface area (Å²) in [6.07, 6.45) is 3.76. The first-order valence-corrected chi connectivity index (χ1v) is 6.37. The van der Waals surface area contributed by atoms with Gasteiger partial charge in [0.2, 0.25) is 5.91 Å². The molecule has 0 unspecified atom stereocenters. The van der Waals surface area contributed by atoms with Crippen molar-refractivity contribution in [2.75, 3.05) is 19.6 Å². The number of hydrogen-bond acceptors (Lipinski definition) is 2. The van der Waals surface area contributed by atoms with Gasteiger partial charge in [-0.25, -0.2) is 0 Å². The van der Waals surface area contributed by atoms with Gasteiger partial charge in [-0.3, -0.25) is 9.69 Å². The first-order chi connectivity index (χ1) is 8.34. The van der Waals surface area contributed by atoms with E-state index in [1.807, 2.05) is 30.3 Å². The molecule has 0 aromatic heterocycles. The number of likely N-dealkylation sites (tertiary alicyclic amines) is 1. The third-order valence-corrected chi connectivity index (χ3v) is 3.15. The van der Waals surface area contributed by atoms with Crippen LogP contribution in [-0.4, -0.2) is 30.4 Å². The number of carbonyl (C=O) groups is 1. The Bertz CT molecular complexity index is 344. The van der Waals surface area contributed by atoms with E-state index < -0.39 is 0 Å². The smallest absolute Gasteiger partial charge is 0.234 e. The lowest BCUT2D eigenvalue weighted by Crippen LogP contribution is -2.39. The summed E-state index contributed by atoms with van der Waals surface area (Å²) in [7, 11) is 0. The van der Waals surface area contributed by atoms with Crippen molar-refractivity contribution in [1.82, 2.24) is 10.2 Å². The van der Waals surface area contributed by atoms with Crippen LogP contribution < -0.4 is 5.32 Å². The Labute approximate surface area is 103 Å². The molecule has 0 atom stereocenters. The lowest BCUT2D eigenvalue weighted by molar-refractivity contribution is -0.122. The molecule has 2 rings (SSSR count). The minimum absolute atomic E-state index is 0.135. The molecular formula is C14H20N2O. The van der Waals surface area contributed by atoms with Crippen LogP contribution in [0.3, 0.4) is 0 Å². The largest absolute Gasteiger partial charge is 0.351 e. The van der Waals surface area contributed by atoms with E-state index in [9.17, 15) is 4.79 Å². The third kappa shape index (κ3) is 4.19. The van der Waals surface area contributed by atoms with E-state index in [0.29, 0.717) is 13.1 Å². The summed E-state index contributed by atoms with van der Waals surface area (Å²) >= 11 is 0. The van der Waals surface area contributed by atoms with E-state index in [1.54, 1.807) is 0 Å². The molecule has 1 saturated heterocycles. The van der Waals surface area contributed by atoms with Gasteiger partial charge in [-0.05, 0) is 31.5 Å². The lowest BCUT2D eigenvalue weighted by Gasteiger charge is -2.25. The van der Waals surface area contributed by atoms with Gasteiger partial charge in [0.1, 0.15) is 0 Å². The number of hydrogen-bond donors (Lipinski definition) is 1. The third-order valence-electron chi connectivity index (χ3n) is 3.15. The van der Waals surface area contributed by atoms with Crippen molar-refractivity contribution in [1.29, 1.82) is 0 Å². The van der Waals surface area contributed by atoms with E-state index in [0.717, 1.165) is 18.7 Å². The van der Waals surface area contributed by atoms with Crippen LogP contribution in [0.2, 0.25) is 0 Å². The highest BCUT2D eigenvalue weighted by atomic mass is 16.2. The molecule has 1 fully saturated rings. The Morgan fingerprint density at radius 3 is 2.53 bits per heavy atom. The highest BCUT2D eigenvalue weighted by Crippen LogP contribution is 2.07. The minimum Gasteiger partial charge on any atom is -0.351 e. The number of benzene rings is 1. The molecule has 1 aromatic rings. The topological polar surface area (TPSA) is 32.3 Å². The Morgan fingerprint density at radius 2 is 1.82 bits per heavy atom. The maximum atomic E-state index is 11.7. The zero-order valence-corrected chi connectivity index (χ0v) is 10.2. The average Bonchev–Trinajstić information content (AvgIpc) is 2.39. The molecule has 1 amide bonds. The van der Waals surface area contributed by atoms with Crippen molar-refractivity contribution < 1.29 is 4.79 Å². The number of amides is 1. The molecule has 3 nitrogen and oxygen atoms in total. The van der Waals surface area contributed by atoms with Gasteiger partial charge in [0.25, 0.3) is 0 Å². The molecule has 0 radical (unpaired) electrons. The van der Waals surface area contributed by atoms with Gasteiger partial charge in [0.15, 0.2) is 0 Å². The van der Waals surface area contributed by atoms with Gasteiger partial charge in [-0.2, -0.15) is 0 Å². The summed E-state index contributed by atoms with van der Waals surface area (Å²) in [5, 5.41) is 2.97. The van der Waals surface area contributed by atoms with Crippen molar-refractivity contribution in [3.05, 3.63) is 35.9 Å². The fourth-order valence-electron chi connectivity index (χ4n) is 2.17. The predicted octanol–water partition coefficient (Wildman–Crippen LogP) is 1.79. The van der Waals surface area contributed by atoms with Gasteiger partial charge < -0.3 is 5.32 Å². The first-order valence-electron chi connectivity index (χ1n) is 6.37. The van der Waals surface area contributed by atoms with Crippen molar-refractivity contribution in [2.24, 2.45) is 0 Å². The molecule has 1 heterocycles. The van der Waals surface area contributed by atoms with Crippen LogP contribution >= 0.6 is 0 Å². The monoisotopic (exact) mass is 232 g/mol. The zero-order valence-electron chi connectivity index (χ0n) is 10.2. The normalized spacial score (nSPS) is 16.7. The number of nitrogens with one attached hydrogen (secondary N) is 1. The van der Waals surface area contributed by atoms with Crippen molar-refractivity contribution in [2.45, 2.75) is 25.8 Å². The molecule has 1 aliphatic heterocycles. The molecule has 1 aliphatic rings. The zero-order chi connectivity index (χ0) is 11.9. The molecule has 3 heteroatoms. The highest BCUT2D eigenvalue weighted by Gasteiger charge is 2.13. The Balaban J connectivity index is 1.70. The fraction of sp³-hybridized carbons (Fsp3) is 0.500. The molecule has 0 saturated carbocycles. The number of nitrogens with zero attached hydrogens (tertiary/aromatic N) is 1. The van der Waals surface area contributed by atoms with Crippen LogP contribution in [0.4, 0.5) is 0 Å². The van der Waals surface area contributed by atoms with Crippen LogP contribution in [0, 0.1) is 0 Å². The van der Waals surface area contributed by atoms with Crippen LogP contribution in [0.15, 0.2) is 30.3 Å². The van der Waals surface area contributed by atoms with E-state index in [-0.39, 0.29) is 5.91 Å². The minimum atomic E-state index is 0.135. The molecule has 92 valence electrons. The number of rotatable bonds is 4. The van der Waals surface area contributed by atoms with Crippen molar-refractivity contribution in [3.63, 3.8) is 0 Å². The van der Waals surface area contributed by atoms with E-state index in [2.05, 4.69) is 10.2 Å². The van der Waals surface area contributed by atoms with E-state index in [4.69, 9.17) is 0 Å². The standard InChI is InChI=1S/C14H20N2O/c17-14(12-16-9-5-2-6-10-16)15-11-13-7-3-1-4-8-13/h1,3-4,7-8H,2,5-6,9-12H2,(H,15,17). The predicted molar refractivity (Wildman–Crippen MR) is 68.6 cm³/mol. The summed E-state index contributed by atoms with van der Waals surface area (Å²) in [5.74, 6) is 0.135. The number of carbonyl (C=O) groups excluding carboxylic acids is 1. The molecule has 17 heavy (non-hydrogen) atoms. The summed E-state index contributed by atoms with van der Waals surface area (Å²) in [5.41, 5.74) is 1.15. The molecule has 1 N–H and O–H groups in total. The second kappa shape index (κ2) is 6.40. The molecule has 1 aromatic carbocycles. The highest BCUT2D eigenvalue weighted by molar-refractivity contribution is 5.78. The van der Waals surface area contributed by atoms with Crippen molar-refractivity contribution >= 4 is 5.91 Å². The summed E-state index contributed by atoms with van der Waals surface area (Å²) in [4.78, 5) is 14.0. The van der Waals surface area contributed by atoms with Gasteiger partial charge in [0.05, 0.1) is 6.54 Å². The van der Waals surface area contributed by atoms with Crippen LogP contribution in [0.25, 0.3) is 0 Å². The Hall–Kier alpha value is -1.35. The maximum Gasteiger partial charge on any atom is 0.234 e. The average molecular weight is 232 g/mol. The second-order valence-corrected chi connectivity index (χ2v) is 4.60. The summed E-state index contributed by atoms with van der Waals surface area (Å²) in [6.45, 7) is 3.32. The van der Waals surface area contributed by atoms with Gasteiger partial charge in [-0.15, -0.1) is 0 Å². The van der Waals surface area contributed by atoms with Gasteiger partial charge >= 0.3 is 0 Å². The summed E-state index contributed by atoms with van der Waals surface area (Å²) < 4.78 is 0. The molecule has 0 bridgehead atoms. The van der Waals surface area contributed by atoms with Crippen molar-refractivity contribution in [3.8, 4) is 0 Å². The second-order valence-electron chi connectivity index (χ2n) is 4.60. The SMILES string of the molecule is O=C(CN1CCCCC1)NCc1ccccc1. The Kier molecular flexibility index (Phi) is 4.56. The van der Waals surface area contributed by atoms with Gasteiger partial charge in [-0.1, -0.05) is 36.8 Å². The van der Waals surface area contributed by atoms with Crippen LogP contribution in [0.1, 0.15) is 24.8 Å². The molecular weight excluding hydrogens is 212 g/mol. The molecule has 0 aliphatic carbocycles. The van der Waals surface area contributed by atoms with Gasteiger partial charge in [0, 0.05) is 6.54 Å². The number of piperidine rings is 1.